The lowest BCUT2D eigenvalue weighted by Gasteiger charge is -2.12. The van der Waals surface area contributed by atoms with Gasteiger partial charge >= 0.3 is 0 Å². The van der Waals surface area contributed by atoms with Crippen LogP contribution in [-0.2, 0) is 6.42 Å². The Bertz CT molecular complexity index is 1060. The monoisotopic (exact) mass is 438 g/mol. The van der Waals surface area contributed by atoms with Gasteiger partial charge in [-0.3, -0.25) is 14.3 Å². The topological polar surface area (TPSA) is 72.8 Å². The van der Waals surface area contributed by atoms with Crippen LogP contribution < -0.4 is 10.3 Å². The Kier molecular flexibility index (Phi) is 8.97. The average molecular weight is 439 g/mol. The molecule has 7 heteroatoms. The molecule has 0 spiro atoms. The second kappa shape index (κ2) is 12.2. The van der Waals surface area contributed by atoms with Gasteiger partial charge in [0, 0.05) is 36.6 Å². The number of hydrogen-bond donors (Lipinski definition) is 1. The van der Waals surface area contributed by atoms with E-state index in [2.05, 4.69) is 21.9 Å². The van der Waals surface area contributed by atoms with Crippen molar-refractivity contribution in [2.75, 3.05) is 6.61 Å². The molecule has 31 heavy (non-hydrogen) atoms. The maximum absolute atomic E-state index is 12.4. The van der Waals surface area contributed by atoms with Gasteiger partial charge in [-0.15, -0.1) is 0 Å². The second-order valence-electron chi connectivity index (χ2n) is 7.67. The summed E-state index contributed by atoms with van der Waals surface area (Å²) in [6.07, 6.45) is 15.9. The molecule has 0 radical (unpaired) electrons. The standard InChI is InChI=1S/C24H30N4O2S/c1-2-3-4-5-6-7-8-12-30-22-11-9-10-21(14-22)28-17-20(23(29)27-24(28)31)13-19-15-25-18-26-16-19/h9-11,14-18H,2-8,12-13H2,1H3,(H,27,29,31). The van der Waals surface area contributed by atoms with Crippen molar-refractivity contribution in [2.24, 2.45) is 0 Å². The van der Waals surface area contributed by atoms with E-state index in [0.29, 0.717) is 23.4 Å². The molecule has 0 saturated heterocycles. The molecule has 1 N–H and O–H groups in total. The minimum Gasteiger partial charge on any atom is -0.494 e. The molecule has 0 unspecified atom stereocenters. The first-order valence-corrected chi connectivity index (χ1v) is 11.4. The Morgan fingerprint density at radius 2 is 1.81 bits per heavy atom. The molecule has 0 amide bonds. The fourth-order valence-corrected chi connectivity index (χ4v) is 3.69. The number of nitrogens with one attached hydrogen (secondary N) is 1. The van der Waals surface area contributed by atoms with Gasteiger partial charge in [0.1, 0.15) is 12.1 Å². The molecule has 2 aromatic heterocycles. The van der Waals surface area contributed by atoms with Gasteiger partial charge in [-0.05, 0) is 36.3 Å². The summed E-state index contributed by atoms with van der Waals surface area (Å²) in [6.45, 7) is 2.94. The lowest BCUT2D eigenvalue weighted by molar-refractivity contribution is 0.304. The molecular weight excluding hydrogens is 408 g/mol. The number of ether oxygens (including phenoxy) is 1. The summed E-state index contributed by atoms with van der Waals surface area (Å²) < 4.78 is 8.10. The van der Waals surface area contributed by atoms with E-state index in [9.17, 15) is 4.79 Å². The Morgan fingerprint density at radius 3 is 2.58 bits per heavy atom. The lowest BCUT2D eigenvalue weighted by Crippen LogP contribution is -2.17. The van der Waals surface area contributed by atoms with Gasteiger partial charge in [0.05, 0.1) is 12.3 Å². The summed E-state index contributed by atoms with van der Waals surface area (Å²) in [7, 11) is 0. The Hall–Kier alpha value is -2.80. The van der Waals surface area contributed by atoms with Crippen molar-refractivity contribution in [3.8, 4) is 11.4 Å². The fraction of sp³-hybridized carbons (Fsp3) is 0.417. The van der Waals surface area contributed by atoms with E-state index in [0.717, 1.165) is 23.4 Å². The molecule has 2 heterocycles. The van der Waals surface area contributed by atoms with Gasteiger partial charge in [-0.2, -0.15) is 0 Å². The summed E-state index contributed by atoms with van der Waals surface area (Å²) in [5, 5.41) is 0. The molecule has 164 valence electrons. The highest BCUT2D eigenvalue weighted by atomic mass is 32.1. The van der Waals surface area contributed by atoms with E-state index < -0.39 is 0 Å². The third-order valence-electron chi connectivity index (χ3n) is 5.14. The Morgan fingerprint density at radius 1 is 1.06 bits per heavy atom. The molecule has 0 fully saturated rings. The van der Waals surface area contributed by atoms with Crippen LogP contribution in [-0.4, -0.2) is 26.1 Å². The van der Waals surface area contributed by atoms with Gasteiger partial charge in [-0.25, -0.2) is 9.97 Å². The van der Waals surface area contributed by atoms with Crippen molar-refractivity contribution in [3.63, 3.8) is 0 Å². The minimum atomic E-state index is -0.198. The van der Waals surface area contributed by atoms with E-state index in [1.807, 2.05) is 24.3 Å². The van der Waals surface area contributed by atoms with Crippen LogP contribution in [0.5, 0.6) is 5.75 Å². The van der Waals surface area contributed by atoms with Crippen molar-refractivity contribution in [3.05, 3.63) is 75.4 Å². The molecule has 1 aromatic carbocycles. The summed E-state index contributed by atoms with van der Waals surface area (Å²) in [4.78, 5) is 23.2. The quantitative estimate of drug-likeness (QED) is 0.302. The summed E-state index contributed by atoms with van der Waals surface area (Å²) in [5.74, 6) is 0.801. The van der Waals surface area contributed by atoms with Crippen LogP contribution in [0.4, 0.5) is 0 Å². The van der Waals surface area contributed by atoms with Crippen LogP contribution in [0.25, 0.3) is 5.69 Å². The maximum Gasteiger partial charge on any atom is 0.255 e. The van der Waals surface area contributed by atoms with E-state index in [1.165, 1.54) is 44.9 Å². The van der Waals surface area contributed by atoms with Crippen molar-refractivity contribution < 1.29 is 4.74 Å². The van der Waals surface area contributed by atoms with Gasteiger partial charge in [0.25, 0.3) is 5.56 Å². The lowest BCUT2D eigenvalue weighted by atomic mass is 10.1. The van der Waals surface area contributed by atoms with E-state index >= 15 is 0 Å². The first kappa shape index (κ1) is 22.9. The highest BCUT2D eigenvalue weighted by Gasteiger charge is 2.07. The number of nitrogens with zero attached hydrogens (tertiary/aromatic N) is 3. The average Bonchev–Trinajstić information content (AvgIpc) is 2.78. The predicted molar refractivity (Wildman–Crippen MR) is 126 cm³/mol. The van der Waals surface area contributed by atoms with E-state index in [4.69, 9.17) is 17.0 Å². The van der Waals surface area contributed by atoms with Crippen LogP contribution in [0, 0.1) is 4.77 Å². The maximum atomic E-state index is 12.4. The highest BCUT2D eigenvalue weighted by molar-refractivity contribution is 7.71. The SMILES string of the molecule is CCCCCCCCCOc1cccc(-n2cc(Cc3cncnc3)c(=O)[nH]c2=S)c1. The van der Waals surface area contributed by atoms with Gasteiger partial charge in [0.2, 0.25) is 0 Å². The molecule has 0 aliphatic rings. The number of aromatic amines is 1. The summed E-state index contributed by atoms with van der Waals surface area (Å²) >= 11 is 5.40. The van der Waals surface area contributed by atoms with Crippen LogP contribution in [0.1, 0.15) is 63.0 Å². The largest absolute Gasteiger partial charge is 0.494 e. The first-order valence-electron chi connectivity index (χ1n) is 11.0. The van der Waals surface area contributed by atoms with Gasteiger partial charge in [0.15, 0.2) is 4.77 Å². The van der Waals surface area contributed by atoms with Crippen molar-refractivity contribution in [2.45, 2.75) is 58.3 Å². The van der Waals surface area contributed by atoms with E-state index in [-0.39, 0.29) is 5.56 Å². The smallest absolute Gasteiger partial charge is 0.255 e. The molecule has 0 saturated carbocycles. The van der Waals surface area contributed by atoms with Crippen LogP contribution in [0.3, 0.4) is 0 Å². The second-order valence-corrected chi connectivity index (χ2v) is 8.06. The molecule has 3 rings (SSSR count). The fourth-order valence-electron chi connectivity index (χ4n) is 3.44. The number of hydrogen-bond acceptors (Lipinski definition) is 5. The molecule has 0 aliphatic carbocycles. The number of unbranched alkanes of at least 4 members (excludes halogenated alkanes) is 6. The normalized spacial score (nSPS) is 10.9. The van der Waals surface area contributed by atoms with Crippen LogP contribution in [0.15, 0.2) is 54.0 Å². The number of aromatic nitrogens is 4. The predicted octanol–water partition coefficient (Wildman–Crippen LogP) is 5.41. The van der Waals surface area contributed by atoms with Crippen LogP contribution in [0.2, 0.25) is 0 Å². The Labute approximate surface area is 188 Å². The Balaban J connectivity index is 1.64. The zero-order valence-electron chi connectivity index (χ0n) is 18.0. The molecule has 0 aliphatic heterocycles. The van der Waals surface area contributed by atoms with Gasteiger partial charge < -0.3 is 4.74 Å². The molecular formula is C24H30N4O2S. The first-order chi connectivity index (χ1) is 15.2. The molecule has 3 aromatic rings. The molecule has 0 atom stereocenters. The van der Waals surface area contributed by atoms with Gasteiger partial charge in [-0.1, -0.05) is 51.5 Å². The number of H-pyrrole nitrogens is 1. The number of rotatable bonds is 12. The van der Waals surface area contributed by atoms with Crippen LogP contribution >= 0.6 is 12.2 Å². The minimum absolute atomic E-state index is 0.198. The van der Waals surface area contributed by atoms with E-state index in [1.54, 1.807) is 23.2 Å². The zero-order chi connectivity index (χ0) is 21.9. The zero-order valence-corrected chi connectivity index (χ0v) is 18.9. The third kappa shape index (κ3) is 7.14. The highest BCUT2D eigenvalue weighted by Crippen LogP contribution is 2.18. The molecule has 0 bridgehead atoms. The number of benzene rings is 1. The third-order valence-corrected chi connectivity index (χ3v) is 5.44. The summed E-state index contributed by atoms with van der Waals surface area (Å²) in [6, 6.07) is 7.78. The van der Waals surface area contributed by atoms with Crippen molar-refractivity contribution in [1.29, 1.82) is 0 Å². The molecule has 6 nitrogen and oxygen atoms in total. The van der Waals surface area contributed by atoms with Crippen molar-refractivity contribution >= 4 is 12.2 Å². The summed E-state index contributed by atoms with van der Waals surface area (Å²) in [5.41, 5.74) is 2.11. The van der Waals surface area contributed by atoms with Crippen molar-refractivity contribution in [1.82, 2.24) is 19.5 Å².